The summed E-state index contributed by atoms with van der Waals surface area (Å²) in [6.45, 7) is 4.42. The normalized spacial score (nSPS) is 11.4. The molecule has 0 radical (unpaired) electrons. The molecule has 1 amide bonds. The third-order valence-electron chi connectivity index (χ3n) is 2.67. The quantitative estimate of drug-likeness (QED) is 0.820. The lowest BCUT2D eigenvalue weighted by atomic mass is 9.90. The fraction of sp³-hybridized carbons (Fsp3) is 0.462. The van der Waals surface area contributed by atoms with Crippen LogP contribution in [0.2, 0.25) is 5.02 Å². The monoisotopic (exact) mass is 291 g/mol. The maximum atomic E-state index is 13.4. The van der Waals surface area contributed by atoms with Crippen LogP contribution in [0.15, 0.2) is 18.2 Å². The van der Waals surface area contributed by atoms with Crippen LogP contribution in [0.3, 0.4) is 0 Å². The lowest BCUT2D eigenvalue weighted by Gasteiger charge is -2.23. The average Bonchev–Trinajstić information content (AvgIpc) is 2.29. The maximum absolute atomic E-state index is 13.4. The minimum Gasteiger partial charge on any atom is -0.351 e. The van der Waals surface area contributed by atoms with Gasteiger partial charge in [0.15, 0.2) is 0 Å². The SMILES string of the molecule is CC(C)(CCCl)CNC(=O)c1cc(Cl)ccc1F. The van der Waals surface area contributed by atoms with E-state index in [9.17, 15) is 9.18 Å². The summed E-state index contributed by atoms with van der Waals surface area (Å²) in [6.07, 6.45) is 0.771. The highest BCUT2D eigenvalue weighted by atomic mass is 35.5. The van der Waals surface area contributed by atoms with Gasteiger partial charge >= 0.3 is 0 Å². The van der Waals surface area contributed by atoms with E-state index in [2.05, 4.69) is 5.32 Å². The zero-order chi connectivity index (χ0) is 13.8. The zero-order valence-corrected chi connectivity index (χ0v) is 11.9. The van der Waals surface area contributed by atoms with Crippen LogP contribution in [0, 0.1) is 11.2 Å². The van der Waals surface area contributed by atoms with E-state index >= 15 is 0 Å². The molecule has 18 heavy (non-hydrogen) atoms. The Morgan fingerprint density at radius 2 is 2.11 bits per heavy atom. The number of nitrogens with one attached hydrogen (secondary N) is 1. The third kappa shape index (κ3) is 4.46. The number of amides is 1. The second-order valence-electron chi connectivity index (χ2n) is 4.91. The van der Waals surface area contributed by atoms with Gasteiger partial charge in [-0.2, -0.15) is 0 Å². The molecule has 1 N–H and O–H groups in total. The molecule has 0 saturated carbocycles. The molecule has 1 rings (SSSR count). The summed E-state index contributed by atoms with van der Waals surface area (Å²) in [7, 11) is 0. The molecule has 0 saturated heterocycles. The van der Waals surface area contributed by atoms with Crippen molar-refractivity contribution in [1.29, 1.82) is 0 Å². The van der Waals surface area contributed by atoms with Gasteiger partial charge in [-0.1, -0.05) is 25.4 Å². The molecule has 1 aromatic carbocycles. The van der Waals surface area contributed by atoms with E-state index in [1.807, 2.05) is 13.8 Å². The molecule has 0 spiro atoms. The van der Waals surface area contributed by atoms with Gasteiger partial charge in [-0.15, -0.1) is 11.6 Å². The smallest absolute Gasteiger partial charge is 0.254 e. The summed E-state index contributed by atoms with van der Waals surface area (Å²) in [5.74, 6) is -0.515. The van der Waals surface area contributed by atoms with E-state index in [0.717, 1.165) is 6.42 Å². The molecule has 0 aliphatic heterocycles. The van der Waals surface area contributed by atoms with Crippen LogP contribution >= 0.6 is 23.2 Å². The molecule has 0 aliphatic carbocycles. The summed E-state index contributed by atoms with van der Waals surface area (Å²) in [5.41, 5.74) is -0.156. The van der Waals surface area contributed by atoms with Gasteiger partial charge in [-0.05, 0) is 30.0 Å². The molecule has 0 bridgehead atoms. The Bertz CT molecular complexity index is 435. The Hall–Kier alpha value is -0.800. The van der Waals surface area contributed by atoms with Crippen molar-refractivity contribution >= 4 is 29.1 Å². The van der Waals surface area contributed by atoms with Crippen molar-refractivity contribution in [3.8, 4) is 0 Å². The first kappa shape index (κ1) is 15.3. The van der Waals surface area contributed by atoms with E-state index in [4.69, 9.17) is 23.2 Å². The topological polar surface area (TPSA) is 29.1 Å². The highest BCUT2D eigenvalue weighted by Gasteiger charge is 2.19. The van der Waals surface area contributed by atoms with Crippen molar-refractivity contribution < 1.29 is 9.18 Å². The van der Waals surface area contributed by atoms with Crippen molar-refractivity contribution in [3.63, 3.8) is 0 Å². The van der Waals surface area contributed by atoms with E-state index in [1.165, 1.54) is 18.2 Å². The Kier molecular flexibility index (Phi) is 5.42. The summed E-state index contributed by atoms with van der Waals surface area (Å²) in [4.78, 5) is 11.8. The Labute approximate surface area is 116 Å². The highest BCUT2D eigenvalue weighted by Crippen LogP contribution is 2.20. The fourth-order valence-corrected chi connectivity index (χ4v) is 2.11. The molecule has 0 heterocycles. The third-order valence-corrected chi connectivity index (χ3v) is 3.10. The van der Waals surface area contributed by atoms with Gasteiger partial charge in [0.05, 0.1) is 5.56 Å². The summed E-state index contributed by atoms with van der Waals surface area (Å²) < 4.78 is 13.4. The highest BCUT2D eigenvalue weighted by molar-refractivity contribution is 6.31. The molecule has 0 atom stereocenters. The number of hydrogen-bond donors (Lipinski definition) is 1. The largest absolute Gasteiger partial charge is 0.351 e. The molecule has 0 unspecified atom stereocenters. The summed E-state index contributed by atoms with van der Waals surface area (Å²) in [5, 5.41) is 3.03. The predicted molar refractivity (Wildman–Crippen MR) is 72.9 cm³/mol. The molecule has 100 valence electrons. The van der Waals surface area contributed by atoms with Gasteiger partial charge in [0.1, 0.15) is 5.82 Å². The molecule has 0 aliphatic rings. The summed E-state index contributed by atoms with van der Waals surface area (Å²) >= 11 is 11.4. The van der Waals surface area contributed by atoms with Gasteiger partial charge in [-0.25, -0.2) is 4.39 Å². The van der Waals surface area contributed by atoms with E-state index in [0.29, 0.717) is 17.4 Å². The minimum atomic E-state index is -0.577. The van der Waals surface area contributed by atoms with Crippen LogP contribution in [0.1, 0.15) is 30.6 Å². The second-order valence-corrected chi connectivity index (χ2v) is 5.72. The number of halogens is 3. The van der Waals surface area contributed by atoms with Gasteiger partial charge in [-0.3, -0.25) is 4.79 Å². The first-order valence-corrected chi connectivity index (χ1v) is 6.56. The van der Waals surface area contributed by atoms with Crippen molar-refractivity contribution in [1.82, 2.24) is 5.32 Å². The second kappa shape index (κ2) is 6.39. The number of rotatable bonds is 5. The average molecular weight is 292 g/mol. The zero-order valence-electron chi connectivity index (χ0n) is 10.4. The molecule has 1 aromatic rings. The van der Waals surface area contributed by atoms with Crippen molar-refractivity contribution in [2.24, 2.45) is 5.41 Å². The van der Waals surface area contributed by atoms with Crippen LogP contribution < -0.4 is 5.32 Å². The fourth-order valence-electron chi connectivity index (χ4n) is 1.43. The van der Waals surface area contributed by atoms with E-state index < -0.39 is 11.7 Å². The van der Waals surface area contributed by atoms with Gasteiger partial charge < -0.3 is 5.32 Å². The Balaban J connectivity index is 2.69. The molecular formula is C13H16Cl2FNO. The van der Waals surface area contributed by atoms with Crippen LogP contribution in [-0.2, 0) is 0 Å². The lowest BCUT2D eigenvalue weighted by Crippen LogP contribution is -2.34. The number of carbonyl (C=O) groups excluding carboxylic acids is 1. The van der Waals surface area contributed by atoms with E-state index in [1.54, 1.807) is 0 Å². The van der Waals surface area contributed by atoms with Crippen molar-refractivity contribution in [3.05, 3.63) is 34.6 Å². The first-order chi connectivity index (χ1) is 8.35. The summed E-state index contributed by atoms with van der Waals surface area (Å²) in [6, 6.07) is 3.91. The van der Waals surface area contributed by atoms with Crippen molar-refractivity contribution in [2.75, 3.05) is 12.4 Å². The van der Waals surface area contributed by atoms with Gasteiger partial charge in [0.25, 0.3) is 5.91 Å². The number of carbonyl (C=O) groups is 1. The van der Waals surface area contributed by atoms with Crippen LogP contribution in [0.25, 0.3) is 0 Å². The number of hydrogen-bond acceptors (Lipinski definition) is 1. The molecule has 0 aromatic heterocycles. The van der Waals surface area contributed by atoms with Crippen LogP contribution in [-0.4, -0.2) is 18.3 Å². The Morgan fingerprint density at radius 1 is 1.44 bits per heavy atom. The molecule has 0 fully saturated rings. The maximum Gasteiger partial charge on any atom is 0.254 e. The van der Waals surface area contributed by atoms with E-state index in [-0.39, 0.29) is 11.0 Å². The van der Waals surface area contributed by atoms with Crippen LogP contribution in [0.4, 0.5) is 4.39 Å². The van der Waals surface area contributed by atoms with Gasteiger partial charge in [0.2, 0.25) is 0 Å². The Morgan fingerprint density at radius 3 is 2.72 bits per heavy atom. The molecule has 2 nitrogen and oxygen atoms in total. The molecular weight excluding hydrogens is 276 g/mol. The standard InChI is InChI=1S/C13H16Cl2FNO/c1-13(2,5-6-14)8-17-12(18)10-7-9(15)3-4-11(10)16/h3-4,7H,5-6,8H2,1-2H3,(H,17,18). The van der Waals surface area contributed by atoms with Crippen LogP contribution in [0.5, 0.6) is 0 Å². The van der Waals surface area contributed by atoms with Crippen molar-refractivity contribution in [2.45, 2.75) is 20.3 Å². The lowest BCUT2D eigenvalue weighted by molar-refractivity contribution is 0.0932. The number of benzene rings is 1. The van der Waals surface area contributed by atoms with Gasteiger partial charge in [0, 0.05) is 17.4 Å². The molecule has 5 heteroatoms. The first-order valence-electron chi connectivity index (χ1n) is 5.65. The minimum absolute atomic E-state index is 0.0378. The predicted octanol–water partition coefficient (Wildman–Crippen LogP) is 3.86. The number of alkyl halides is 1.